The molecule has 1 aromatic heterocycles. The molecule has 9 nitrogen and oxygen atoms in total. The largest absolute Gasteiger partial charge is 0.345 e. The van der Waals surface area contributed by atoms with E-state index >= 15 is 0 Å². The Kier molecular flexibility index (Phi) is 7.15. The normalized spacial score (nSPS) is 15.2. The number of piperazine rings is 1. The minimum Gasteiger partial charge on any atom is -0.345 e. The number of fused-ring (bicyclic) bond motifs is 1. The standard InChI is InChI=1S/C25H29N5O4S/c1-18-15-20-5-4-6-22(24(20)26-16-18)35(33,34)30-13-11-29(12-14-30)17-23(31)27-21-9-7-19(8-10-21)25(32)28(2)3/h4-10,15-16H,11-14,17H2,1-3H3,(H,27,31). The van der Waals surface area contributed by atoms with Gasteiger partial charge in [0, 0.05) is 63.1 Å². The van der Waals surface area contributed by atoms with Crippen LogP contribution in [0.25, 0.3) is 10.9 Å². The van der Waals surface area contributed by atoms with Crippen molar-refractivity contribution in [1.82, 2.24) is 19.1 Å². The summed E-state index contributed by atoms with van der Waals surface area (Å²) in [7, 11) is -0.340. The van der Waals surface area contributed by atoms with Crippen LogP contribution in [0.1, 0.15) is 15.9 Å². The summed E-state index contributed by atoms with van der Waals surface area (Å²) in [6, 6.07) is 13.8. The topological polar surface area (TPSA) is 103 Å². The first-order chi connectivity index (χ1) is 16.6. The molecule has 1 N–H and O–H groups in total. The lowest BCUT2D eigenvalue weighted by Gasteiger charge is -2.33. The molecule has 10 heteroatoms. The molecule has 2 amide bonds. The molecule has 3 aromatic rings. The minimum atomic E-state index is -3.71. The van der Waals surface area contributed by atoms with Gasteiger partial charge < -0.3 is 10.2 Å². The van der Waals surface area contributed by atoms with Gasteiger partial charge in [0.15, 0.2) is 0 Å². The van der Waals surface area contributed by atoms with E-state index in [1.165, 1.54) is 9.21 Å². The van der Waals surface area contributed by atoms with Crippen LogP contribution in [0.2, 0.25) is 0 Å². The molecule has 0 saturated carbocycles. The molecule has 1 aliphatic rings. The number of aromatic nitrogens is 1. The fourth-order valence-corrected chi connectivity index (χ4v) is 5.66. The molecule has 0 radical (unpaired) electrons. The minimum absolute atomic E-state index is 0.106. The number of carbonyl (C=O) groups excluding carboxylic acids is 2. The lowest BCUT2D eigenvalue weighted by atomic mass is 10.2. The lowest BCUT2D eigenvalue weighted by Crippen LogP contribution is -2.50. The van der Waals surface area contributed by atoms with Gasteiger partial charge >= 0.3 is 0 Å². The number of pyridine rings is 1. The molecular formula is C25H29N5O4S. The molecule has 1 fully saturated rings. The third-order valence-corrected chi connectivity index (χ3v) is 7.88. The van der Waals surface area contributed by atoms with Crippen molar-refractivity contribution < 1.29 is 18.0 Å². The smallest absolute Gasteiger partial charge is 0.253 e. The molecule has 0 atom stereocenters. The summed E-state index contributed by atoms with van der Waals surface area (Å²) in [5, 5.41) is 3.62. The van der Waals surface area contributed by atoms with Gasteiger partial charge in [-0.3, -0.25) is 19.5 Å². The summed E-state index contributed by atoms with van der Waals surface area (Å²) < 4.78 is 28.1. The van der Waals surface area contributed by atoms with Gasteiger partial charge in [-0.1, -0.05) is 12.1 Å². The molecular weight excluding hydrogens is 466 g/mol. The van der Waals surface area contributed by atoms with E-state index in [9.17, 15) is 18.0 Å². The van der Waals surface area contributed by atoms with Crippen molar-refractivity contribution in [3.05, 3.63) is 65.9 Å². The number of hydrogen-bond donors (Lipinski definition) is 1. The van der Waals surface area contributed by atoms with E-state index < -0.39 is 10.0 Å². The van der Waals surface area contributed by atoms with E-state index in [1.54, 1.807) is 56.7 Å². The second-order valence-corrected chi connectivity index (χ2v) is 10.8. The highest BCUT2D eigenvalue weighted by molar-refractivity contribution is 7.89. The van der Waals surface area contributed by atoms with Gasteiger partial charge in [-0.25, -0.2) is 8.42 Å². The molecule has 0 aliphatic carbocycles. The number of benzene rings is 2. The first-order valence-corrected chi connectivity index (χ1v) is 12.8. The van der Waals surface area contributed by atoms with Crippen molar-refractivity contribution in [2.24, 2.45) is 0 Å². The number of sulfonamides is 1. The highest BCUT2D eigenvalue weighted by Gasteiger charge is 2.30. The van der Waals surface area contributed by atoms with E-state index in [4.69, 9.17) is 0 Å². The number of rotatable bonds is 6. The first kappa shape index (κ1) is 24.8. The highest BCUT2D eigenvalue weighted by Crippen LogP contribution is 2.25. The summed E-state index contributed by atoms with van der Waals surface area (Å²) >= 11 is 0. The zero-order valence-corrected chi connectivity index (χ0v) is 20.9. The Hall–Kier alpha value is -3.34. The fraction of sp³-hybridized carbons (Fsp3) is 0.320. The SMILES string of the molecule is Cc1cnc2c(S(=O)(=O)N3CCN(CC(=O)Nc4ccc(C(=O)N(C)C)cc4)CC3)cccc2c1. The number of para-hydroxylation sites is 1. The summed E-state index contributed by atoms with van der Waals surface area (Å²) in [5.74, 6) is -0.299. The monoisotopic (exact) mass is 495 g/mol. The van der Waals surface area contributed by atoms with E-state index in [0.717, 1.165) is 10.9 Å². The van der Waals surface area contributed by atoms with Crippen LogP contribution in [0.5, 0.6) is 0 Å². The highest BCUT2D eigenvalue weighted by atomic mass is 32.2. The Morgan fingerprint density at radius 1 is 1.03 bits per heavy atom. The number of hydrogen-bond acceptors (Lipinski definition) is 6. The van der Waals surface area contributed by atoms with E-state index in [2.05, 4.69) is 10.3 Å². The van der Waals surface area contributed by atoms with Gasteiger partial charge in [-0.05, 0) is 48.9 Å². The Morgan fingerprint density at radius 3 is 2.37 bits per heavy atom. The molecule has 1 aliphatic heterocycles. The maximum atomic E-state index is 13.3. The van der Waals surface area contributed by atoms with Gasteiger partial charge in [-0.15, -0.1) is 0 Å². The molecule has 0 bridgehead atoms. The van der Waals surface area contributed by atoms with Crippen molar-refractivity contribution in [2.45, 2.75) is 11.8 Å². The van der Waals surface area contributed by atoms with E-state index in [-0.39, 0.29) is 23.3 Å². The van der Waals surface area contributed by atoms with Crippen LogP contribution in [0.15, 0.2) is 59.6 Å². The van der Waals surface area contributed by atoms with E-state index in [1.807, 2.05) is 24.0 Å². The van der Waals surface area contributed by atoms with Crippen LogP contribution in [-0.2, 0) is 14.8 Å². The zero-order valence-electron chi connectivity index (χ0n) is 20.1. The molecule has 0 spiro atoms. The molecule has 1 saturated heterocycles. The van der Waals surface area contributed by atoms with Gasteiger partial charge in [0.25, 0.3) is 5.91 Å². The quantitative estimate of drug-likeness (QED) is 0.562. The molecule has 184 valence electrons. The van der Waals surface area contributed by atoms with Crippen LogP contribution >= 0.6 is 0 Å². The van der Waals surface area contributed by atoms with Crippen LogP contribution in [0.3, 0.4) is 0 Å². The van der Waals surface area contributed by atoms with E-state index in [0.29, 0.717) is 42.9 Å². The van der Waals surface area contributed by atoms with Crippen molar-refractivity contribution in [3.63, 3.8) is 0 Å². The molecule has 2 heterocycles. The van der Waals surface area contributed by atoms with Crippen molar-refractivity contribution in [2.75, 3.05) is 52.1 Å². The molecule has 4 rings (SSSR count). The number of nitrogens with one attached hydrogen (secondary N) is 1. The van der Waals surface area contributed by atoms with Crippen LogP contribution in [-0.4, -0.2) is 86.1 Å². The number of amides is 2. The number of anilines is 1. The second kappa shape index (κ2) is 10.1. The maximum absolute atomic E-state index is 13.3. The van der Waals surface area contributed by atoms with Gasteiger partial charge in [0.2, 0.25) is 15.9 Å². The predicted octanol–water partition coefficient (Wildman–Crippen LogP) is 2.19. The van der Waals surface area contributed by atoms with Gasteiger partial charge in [0.05, 0.1) is 12.1 Å². The van der Waals surface area contributed by atoms with Crippen molar-refractivity contribution in [3.8, 4) is 0 Å². The fourth-order valence-electron chi connectivity index (χ4n) is 4.08. The predicted molar refractivity (Wildman–Crippen MR) is 135 cm³/mol. The Labute approximate surface area is 205 Å². The van der Waals surface area contributed by atoms with Crippen molar-refractivity contribution in [1.29, 1.82) is 0 Å². The average Bonchev–Trinajstić information content (AvgIpc) is 2.83. The lowest BCUT2D eigenvalue weighted by molar-refractivity contribution is -0.117. The molecule has 2 aromatic carbocycles. The van der Waals surface area contributed by atoms with Crippen LogP contribution in [0, 0.1) is 6.92 Å². The second-order valence-electron chi connectivity index (χ2n) is 8.85. The van der Waals surface area contributed by atoms with Crippen molar-refractivity contribution >= 4 is 38.4 Å². The van der Waals surface area contributed by atoms with Gasteiger partial charge in [0.1, 0.15) is 4.90 Å². The maximum Gasteiger partial charge on any atom is 0.253 e. The summed E-state index contributed by atoms with van der Waals surface area (Å²) in [4.78, 5) is 32.5. The Balaban J connectivity index is 1.35. The summed E-state index contributed by atoms with van der Waals surface area (Å²) in [5.41, 5.74) is 2.59. The third kappa shape index (κ3) is 5.50. The summed E-state index contributed by atoms with van der Waals surface area (Å²) in [6.07, 6.45) is 1.67. The number of nitrogens with zero attached hydrogens (tertiary/aromatic N) is 4. The molecule has 35 heavy (non-hydrogen) atoms. The van der Waals surface area contributed by atoms with Crippen LogP contribution in [0.4, 0.5) is 5.69 Å². The number of aryl methyl sites for hydroxylation is 1. The zero-order chi connectivity index (χ0) is 25.2. The van der Waals surface area contributed by atoms with Crippen LogP contribution < -0.4 is 5.32 Å². The average molecular weight is 496 g/mol. The third-order valence-electron chi connectivity index (χ3n) is 5.95. The van der Waals surface area contributed by atoms with Gasteiger partial charge in [-0.2, -0.15) is 4.31 Å². The first-order valence-electron chi connectivity index (χ1n) is 11.3. The molecule has 0 unspecified atom stereocenters. The number of carbonyl (C=O) groups is 2. The Morgan fingerprint density at radius 2 is 1.71 bits per heavy atom. The summed E-state index contributed by atoms with van der Waals surface area (Å²) in [6.45, 7) is 3.55. The Bertz CT molecular complexity index is 1350.